The number of fused-ring (bicyclic) bond motifs is 1. The van der Waals surface area contributed by atoms with Crippen molar-refractivity contribution >= 4 is 39.4 Å². The van der Waals surface area contributed by atoms with E-state index < -0.39 is 5.97 Å². The van der Waals surface area contributed by atoms with Crippen molar-refractivity contribution in [3.05, 3.63) is 64.7 Å². The summed E-state index contributed by atoms with van der Waals surface area (Å²) in [4.78, 5) is 28.1. The van der Waals surface area contributed by atoms with Crippen LogP contribution >= 0.6 is 11.3 Å². The van der Waals surface area contributed by atoms with Crippen LogP contribution in [0.1, 0.15) is 34.8 Å². The molecule has 0 aliphatic rings. The van der Waals surface area contributed by atoms with Gasteiger partial charge in [-0.2, -0.15) is 0 Å². The van der Waals surface area contributed by atoms with E-state index in [4.69, 9.17) is 9.47 Å². The van der Waals surface area contributed by atoms with Crippen molar-refractivity contribution in [3.63, 3.8) is 0 Å². The van der Waals surface area contributed by atoms with E-state index in [0.29, 0.717) is 23.5 Å². The summed E-state index contributed by atoms with van der Waals surface area (Å²) in [5.41, 5.74) is 2.11. The lowest BCUT2D eigenvalue weighted by Crippen LogP contribution is -2.05. The van der Waals surface area contributed by atoms with Gasteiger partial charge in [-0.05, 0) is 50.3 Å². The number of para-hydroxylation sites is 1. The van der Waals surface area contributed by atoms with E-state index in [1.54, 1.807) is 24.3 Å². The largest absolute Gasteiger partial charge is 0.493 e. The van der Waals surface area contributed by atoms with Crippen LogP contribution < -0.4 is 4.74 Å². The normalized spacial score (nSPS) is 11.0. The Labute approximate surface area is 161 Å². The Hall–Kier alpha value is -2.99. The van der Waals surface area contributed by atoms with Crippen molar-refractivity contribution in [2.24, 2.45) is 0 Å². The summed E-state index contributed by atoms with van der Waals surface area (Å²) < 4.78 is 11.9. The fraction of sp³-hybridized carbons (Fsp3) is 0.190. The van der Waals surface area contributed by atoms with Gasteiger partial charge in [0.15, 0.2) is 5.78 Å². The molecule has 0 bridgehead atoms. The van der Waals surface area contributed by atoms with Gasteiger partial charge in [0.1, 0.15) is 17.4 Å². The quantitative estimate of drug-likeness (QED) is 0.338. The van der Waals surface area contributed by atoms with Gasteiger partial charge in [0.2, 0.25) is 0 Å². The summed E-state index contributed by atoms with van der Waals surface area (Å²) in [6, 6.07) is 12.9. The number of nitrogens with zero attached hydrogens (tertiary/aromatic N) is 1. The van der Waals surface area contributed by atoms with E-state index >= 15 is 0 Å². The Morgan fingerprint density at radius 1 is 1.19 bits per heavy atom. The van der Waals surface area contributed by atoms with Gasteiger partial charge in [-0.25, -0.2) is 9.78 Å². The van der Waals surface area contributed by atoms with Crippen molar-refractivity contribution in [2.45, 2.75) is 20.5 Å². The fourth-order valence-corrected chi connectivity index (χ4v) is 3.38. The number of carbonyl (C=O) groups is 2. The monoisotopic (exact) mass is 381 g/mol. The van der Waals surface area contributed by atoms with Crippen LogP contribution in [0.5, 0.6) is 5.75 Å². The molecule has 6 heteroatoms. The predicted molar refractivity (Wildman–Crippen MR) is 106 cm³/mol. The predicted octanol–water partition coefficient (Wildman–Crippen LogP) is 4.65. The Balaban J connectivity index is 1.67. The summed E-state index contributed by atoms with van der Waals surface area (Å²) >= 11 is 1.50. The standard InChI is InChI=1S/C21H19NO4S/c1-3-25-18-9-8-15(14(2)23)12-16(18)13-26-21(24)11-10-20-22-17-6-4-5-7-19(17)27-20/h4-12H,3,13H2,1-2H3. The molecule has 2 aromatic carbocycles. The number of ketones is 1. The van der Waals surface area contributed by atoms with Gasteiger partial charge in [-0.1, -0.05) is 12.1 Å². The van der Waals surface area contributed by atoms with Crippen molar-refractivity contribution < 1.29 is 19.1 Å². The number of thiazole rings is 1. The van der Waals surface area contributed by atoms with Crippen LogP contribution in [-0.2, 0) is 16.1 Å². The van der Waals surface area contributed by atoms with E-state index in [1.165, 1.54) is 24.3 Å². The SMILES string of the molecule is CCOc1ccc(C(C)=O)cc1COC(=O)C=Cc1nc2ccccc2s1. The third-order valence-electron chi connectivity index (χ3n) is 3.81. The van der Waals surface area contributed by atoms with Crippen LogP contribution in [0.25, 0.3) is 16.3 Å². The smallest absolute Gasteiger partial charge is 0.331 e. The van der Waals surface area contributed by atoms with Crippen molar-refractivity contribution in [1.82, 2.24) is 4.98 Å². The van der Waals surface area contributed by atoms with Crippen molar-refractivity contribution in [3.8, 4) is 5.75 Å². The summed E-state index contributed by atoms with van der Waals surface area (Å²) in [5.74, 6) is 0.0664. The maximum absolute atomic E-state index is 12.1. The zero-order chi connectivity index (χ0) is 19.2. The highest BCUT2D eigenvalue weighted by Gasteiger charge is 2.10. The molecule has 1 aromatic heterocycles. The number of ether oxygens (including phenoxy) is 2. The van der Waals surface area contributed by atoms with Crippen LogP contribution in [0.15, 0.2) is 48.5 Å². The molecule has 0 fully saturated rings. The zero-order valence-electron chi connectivity index (χ0n) is 15.1. The molecule has 0 saturated carbocycles. The Morgan fingerprint density at radius 3 is 2.74 bits per heavy atom. The van der Waals surface area contributed by atoms with Crippen molar-refractivity contribution in [1.29, 1.82) is 0 Å². The lowest BCUT2D eigenvalue weighted by atomic mass is 10.1. The van der Waals surface area contributed by atoms with E-state index in [2.05, 4.69) is 4.98 Å². The number of aromatic nitrogens is 1. The molecule has 3 rings (SSSR count). The molecule has 0 radical (unpaired) electrons. The second kappa shape index (κ2) is 8.60. The Bertz CT molecular complexity index is 973. The summed E-state index contributed by atoms with van der Waals surface area (Å²) in [6.07, 6.45) is 3.00. The van der Waals surface area contributed by atoms with Crippen LogP contribution in [0.2, 0.25) is 0 Å². The van der Waals surface area contributed by atoms with Gasteiger partial charge >= 0.3 is 5.97 Å². The average Bonchev–Trinajstić information content (AvgIpc) is 3.08. The molecular formula is C21H19NO4S. The minimum absolute atomic E-state index is 0.0273. The molecule has 27 heavy (non-hydrogen) atoms. The highest BCUT2D eigenvalue weighted by molar-refractivity contribution is 7.19. The first-order valence-corrected chi connectivity index (χ1v) is 9.35. The van der Waals surface area contributed by atoms with E-state index in [-0.39, 0.29) is 12.4 Å². The number of benzene rings is 2. The summed E-state index contributed by atoms with van der Waals surface area (Å²) in [5, 5.41) is 0.738. The number of esters is 1. The second-order valence-electron chi connectivity index (χ2n) is 5.77. The zero-order valence-corrected chi connectivity index (χ0v) is 15.9. The fourth-order valence-electron chi connectivity index (χ4n) is 2.51. The molecule has 1 heterocycles. The first-order chi connectivity index (χ1) is 13.1. The number of hydrogen-bond acceptors (Lipinski definition) is 6. The number of carbonyl (C=O) groups excluding carboxylic acids is 2. The molecule has 5 nitrogen and oxygen atoms in total. The van der Waals surface area contributed by atoms with Crippen LogP contribution in [-0.4, -0.2) is 23.3 Å². The molecular weight excluding hydrogens is 362 g/mol. The highest BCUT2D eigenvalue weighted by atomic mass is 32.1. The Kier molecular flexibility index (Phi) is 5.98. The molecule has 0 saturated heterocycles. The number of Topliss-reactive ketones (excluding diaryl/α,β-unsaturated/α-hetero) is 1. The molecule has 0 N–H and O–H groups in total. The molecule has 3 aromatic rings. The van der Waals surface area contributed by atoms with E-state index in [1.807, 2.05) is 31.2 Å². The van der Waals surface area contributed by atoms with E-state index in [9.17, 15) is 9.59 Å². The molecule has 0 unspecified atom stereocenters. The van der Waals surface area contributed by atoms with Gasteiger partial charge in [0.25, 0.3) is 0 Å². The number of rotatable bonds is 7. The Morgan fingerprint density at radius 2 is 2.00 bits per heavy atom. The average molecular weight is 381 g/mol. The molecule has 0 spiro atoms. The molecule has 0 amide bonds. The number of hydrogen-bond donors (Lipinski definition) is 0. The maximum atomic E-state index is 12.1. The lowest BCUT2D eigenvalue weighted by Gasteiger charge is -2.11. The minimum Gasteiger partial charge on any atom is -0.493 e. The molecule has 0 aliphatic carbocycles. The minimum atomic E-state index is -0.482. The summed E-state index contributed by atoms with van der Waals surface area (Å²) in [6.45, 7) is 3.87. The third kappa shape index (κ3) is 4.80. The summed E-state index contributed by atoms with van der Waals surface area (Å²) in [7, 11) is 0. The molecule has 0 atom stereocenters. The highest BCUT2D eigenvalue weighted by Crippen LogP contribution is 2.23. The van der Waals surface area contributed by atoms with Gasteiger partial charge < -0.3 is 9.47 Å². The van der Waals surface area contributed by atoms with Crippen LogP contribution in [0, 0.1) is 0 Å². The van der Waals surface area contributed by atoms with E-state index in [0.717, 1.165) is 15.2 Å². The molecule has 0 aliphatic heterocycles. The second-order valence-corrected chi connectivity index (χ2v) is 6.83. The lowest BCUT2D eigenvalue weighted by molar-refractivity contribution is -0.138. The van der Waals surface area contributed by atoms with Crippen LogP contribution in [0.3, 0.4) is 0 Å². The van der Waals surface area contributed by atoms with Crippen LogP contribution in [0.4, 0.5) is 0 Å². The van der Waals surface area contributed by atoms with Crippen molar-refractivity contribution in [2.75, 3.05) is 6.61 Å². The first kappa shape index (κ1) is 18.8. The van der Waals surface area contributed by atoms with Gasteiger partial charge in [0, 0.05) is 17.2 Å². The maximum Gasteiger partial charge on any atom is 0.331 e. The van der Waals surface area contributed by atoms with Gasteiger partial charge in [-0.3, -0.25) is 4.79 Å². The third-order valence-corrected chi connectivity index (χ3v) is 4.81. The van der Waals surface area contributed by atoms with Gasteiger partial charge in [-0.15, -0.1) is 11.3 Å². The molecule has 138 valence electrons. The van der Waals surface area contributed by atoms with Gasteiger partial charge in [0.05, 0.1) is 16.8 Å². The first-order valence-electron chi connectivity index (χ1n) is 8.54. The topological polar surface area (TPSA) is 65.5 Å².